The second-order valence-electron chi connectivity index (χ2n) is 6.71. The Kier molecular flexibility index (Phi) is 8.13. The molecule has 0 aromatic heterocycles. The van der Waals surface area contributed by atoms with E-state index < -0.39 is 23.2 Å². The second-order valence-corrected chi connectivity index (χ2v) is 9.41. The van der Waals surface area contributed by atoms with Gasteiger partial charge in [0.15, 0.2) is 0 Å². The Bertz CT molecular complexity index is 1080. The van der Waals surface area contributed by atoms with E-state index in [0.717, 1.165) is 16.7 Å². The zero-order chi connectivity index (χ0) is 23.4. The Morgan fingerprint density at radius 1 is 1.22 bits per heavy atom. The van der Waals surface area contributed by atoms with Crippen LogP contribution in [0, 0.1) is 5.82 Å². The molecule has 0 N–H and O–H groups in total. The monoisotopic (exact) mass is 585 g/mol. The maximum atomic E-state index is 13.4. The summed E-state index contributed by atoms with van der Waals surface area (Å²) in [7, 11) is 0. The van der Waals surface area contributed by atoms with E-state index in [9.17, 15) is 18.8 Å². The number of halogens is 3. The van der Waals surface area contributed by atoms with Gasteiger partial charge in [-0.15, -0.1) is 0 Å². The average Bonchev–Trinajstić information content (AvgIpc) is 3.00. The summed E-state index contributed by atoms with van der Waals surface area (Å²) < 4.78 is 25.3. The lowest BCUT2D eigenvalue weighted by Gasteiger charge is -2.19. The Morgan fingerprint density at radius 3 is 2.53 bits per heavy atom. The molecule has 0 spiro atoms. The molecule has 0 radical (unpaired) electrons. The van der Waals surface area contributed by atoms with E-state index in [0.29, 0.717) is 25.8 Å². The number of esters is 1. The highest BCUT2D eigenvalue weighted by atomic mass is 79.9. The van der Waals surface area contributed by atoms with E-state index >= 15 is 0 Å². The maximum Gasteiger partial charge on any atom is 0.329 e. The van der Waals surface area contributed by atoms with Gasteiger partial charge < -0.3 is 9.47 Å². The number of carbonyl (C=O) groups is 3. The SMILES string of the molecule is CCOC(=O)[C@@H](C)N1C(=O)S/C(=C/c2cc(Br)c(OCc3cccc(F)c3)c(Br)c2)C1=O. The van der Waals surface area contributed by atoms with Crippen molar-refractivity contribution in [2.45, 2.75) is 26.5 Å². The molecule has 3 rings (SSSR count). The number of imide groups is 1. The summed E-state index contributed by atoms with van der Waals surface area (Å²) in [5, 5.41) is -0.532. The van der Waals surface area contributed by atoms with Crippen LogP contribution < -0.4 is 4.74 Å². The summed E-state index contributed by atoms with van der Waals surface area (Å²) in [6.07, 6.45) is 1.56. The van der Waals surface area contributed by atoms with Gasteiger partial charge in [0.05, 0.1) is 20.5 Å². The summed E-state index contributed by atoms with van der Waals surface area (Å²) >= 11 is 7.65. The predicted molar refractivity (Wildman–Crippen MR) is 126 cm³/mol. The zero-order valence-corrected chi connectivity index (χ0v) is 21.1. The number of hydrogen-bond acceptors (Lipinski definition) is 6. The van der Waals surface area contributed by atoms with Crippen LogP contribution in [0.15, 0.2) is 50.2 Å². The van der Waals surface area contributed by atoms with E-state index in [1.807, 2.05) is 0 Å². The second kappa shape index (κ2) is 10.6. The van der Waals surface area contributed by atoms with Crippen LogP contribution in [0.2, 0.25) is 0 Å². The molecule has 2 aromatic carbocycles. The van der Waals surface area contributed by atoms with Crippen LogP contribution in [0.1, 0.15) is 25.0 Å². The molecule has 0 bridgehead atoms. The highest BCUT2D eigenvalue weighted by Gasteiger charge is 2.41. The lowest BCUT2D eigenvalue weighted by molar-refractivity contribution is -0.150. The van der Waals surface area contributed by atoms with Crippen molar-refractivity contribution in [3.63, 3.8) is 0 Å². The summed E-state index contributed by atoms with van der Waals surface area (Å²) in [4.78, 5) is 38.1. The molecule has 32 heavy (non-hydrogen) atoms. The van der Waals surface area contributed by atoms with Crippen molar-refractivity contribution in [2.75, 3.05) is 6.61 Å². The molecule has 2 amide bonds. The third-order valence-electron chi connectivity index (χ3n) is 4.43. The number of rotatable bonds is 7. The van der Waals surface area contributed by atoms with Gasteiger partial charge in [-0.2, -0.15) is 0 Å². The van der Waals surface area contributed by atoms with Gasteiger partial charge in [0, 0.05) is 0 Å². The number of thioether (sulfide) groups is 1. The molecule has 10 heteroatoms. The average molecular weight is 587 g/mol. The van der Waals surface area contributed by atoms with Gasteiger partial charge in [-0.25, -0.2) is 9.18 Å². The van der Waals surface area contributed by atoms with Crippen molar-refractivity contribution in [3.8, 4) is 5.75 Å². The number of nitrogens with zero attached hydrogens (tertiary/aromatic N) is 1. The molecule has 0 saturated carbocycles. The van der Waals surface area contributed by atoms with Gasteiger partial charge in [-0.05, 0) is 98.9 Å². The summed E-state index contributed by atoms with van der Waals surface area (Å²) in [5.74, 6) is -1.03. The van der Waals surface area contributed by atoms with Crippen LogP contribution in [0.4, 0.5) is 9.18 Å². The van der Waals surface area contributed by atoms with E-state index in [1.165, 1.54) is 19.1 Å². The topological polar surface area (TPSA) is 72.9 Å². The minimum Gasteiger partial charge on any atom is -0.487 e. The molecule has 1 atom stereocenters. The van der Waals surface area contributed by atoms with Crippen LogP contribution in [0.3, 0.4) is 0 Å². The minimum absolute atomic E-state index is 0.158. The maximum absolute atomic E-state index is 13.4. The lowest BCUT2D eigenvalue weighted by atomic mass is 10.2. The molecular weight excluding hydrogens is 569 g/mol. The standard InChI is InChI=1S/C22H18Br2FNO5S/c1-3-30-21(28)12(2)26-20(27)18(32-22(26)29)10-14-8-16(23)19(17(24)9-14)31-11-13-5-4-6-15(25)7-13/h4-10,12H,3,11H2,1-2H3/b18-10+/t12-/m1/s1. The van der Waals surface area contributed by atoms with Crippen molar-refractivity contribution >= 4 is 66.8 Å². The van der Waals surface area contributed by atoms with Crippen molar-refractivity contribution in [2.24, 2.45) is 0 Å². The number of amides is 2. The number of benzene rings is 2. The third kappa shape index (κ3) is 5.60. The molecule has 1 heterocycles. The van der Waals surface area contributed by atoms with Crippen LogP contribution in [-0.2, 0) is 20.9 Å². The van der Waals surface area contributed by atoms with Gasteiger partial charge in [-0.3, -0.25) is 14.5 Å². The van der Waals surface area contributed by atoms with Crippen LogP contribution in [0.5, 0.6) is 5.75 Å². The molecular formula is C22H18Br2FNO5S. The molecule has 1 aliphatic rings. The van der Waals surface area contributed by atoms with E-state index in [1.54, 1.807) is 37.3 Å². The Hall–Kier alpha value is -2.17. The van der Waals surface area contributed by atoms with Crippen LogP contribution >= 0.6 is 43.6 Å². The van der Waals surface area contributed by atoms with Gasteiger partial charge in [0.1, 0.15) is 24.2 Å². The first-order valence-corrected chi connectivity index (χ1v) is 11.9. The number of carbonyl (C=O) groups excluding carboxylic acids is 3. The normalized spacial score (nSPS) is 15.9. The molecule has 1 fully saturated rings. The van der Waals surface area contributed by atoms with Crippen molar-refractivity contribution < 1.29 is 28.2 Å². The molecule has 1 saturated heterocycles. The summed E-state index contributed by atoms with van der Waals surface area (Å²) in [6, 6.07) is 8.57. The largest absolute Gasteiger partial charge is 0.487 e. The highest BCUT2D eigenvalue weighted by Crippen LogP contribution is 2.38. The molecule has 168 valence electrons. The van der Waals surface area contributed by atoms with Crippen molar-refractivity contribution in [1.82, 2.24) is 4.90 Å². The molecule has 1 aliphatic heterocycles. The Labute approximate surface area is 205 Å². The first-order valence-electron chi connectivity index (χ1n) is 9.51. The predicted octanol–water partition coefficient (Wildman–Crippen LogP) is 5.92. The quantitative estimate of drug-likeness (QED) is 0.296. The van der Waals surface area contributed by atoms with Gasteiger partial charge in [0.25, 0.3) is 11.1 Å². The van der Waals surface area contributed by atoms with Crippen LogP contribution in [0.25, 0.3) is 6.08 Å². The van der Waals surface area contributed by atoms with E-state index in [4.69, 9.17) is 9.47 Å². The van der Waals surface area contributed by atoms with Crippen LogP contribution in [-0.4, -0.2) is 34.7 Å². The number of ether oxygens (including phenoxy) is 2. The van der Waals surface area contributed by atoms with Gasteiger partial charge >= 0.3 is 5.97 Å². The molecule has 0 unspecified atom stereocenters. The zero-order valence-electron chi connectivity index (χ0n) is 17.1. The Balaban J connectivity index is 1.78. The first kappa shape index (κ1) is 24.5. The fourth-order valence-corrected chi connectivity index (χ4v) is 5.28. The van der Waals surface area contributed by atoms with E-state index in [-0.39, 0.29) is 23.9 Å². The van der Waals surface area contributed by atoms with E-state index in [2.05, 4.69) is 31.9 Å². The molecule has 2 aromatic rings. The minimum atomic E-state index is -1.01. The highest BCUT2D eigenvalue weighted by molar-refractivity contribution is 9.11. The molecule has 6 nitrogen and oxygen atoms in total. The fraction of sp³-hybridized carbons (Fsp3) is 0.227. The lowest BCUT2D eigenvalue weighted by Crippen LogP contribution is -2.42. The van der Waals surface area contributed by atoms with Crippen molar-refractivity contribution in [1.29, 1.82) is 0 Å². The summed E-state index contributed by atoms with van der Waals surface area (Å²) in [5.41, 5.74) is 1.31. The number of hydrogen-bond donors (Lipinski definition) is 0. The smallest absolute Gasteiger partial charge is 0.329 e. The van der Waals surface area contributed by atoms with Gasteiger partial charge in [0.2, 0.25) is 0 Å². The molecule has 0 aliphatic carbocycles. The van der Waals surface area contributed by atoms with Gasteiger partial charge in [-0.1, -0.05) is 12.1 Å². The first-order chi connectivity index (χ1) is 15.2. The fourth-order valence-electron chi connectivity index (χ4n) is 2.92. The van der Waals surface area contributed by atoms with Crippen molar-refractivity contribution in [3.05, 3.63) is 67.2 Å². The third-order valence-corrected chi connectivity index (χ3v) is 6.49. The Morgan fingerprint density at radius 2 is 1.91 bits per heavy atom. The summed E-state index contributed by atoms with van der Waals surface area (Å²) in [6.45, 7) is 3.43.